The summed E-state index contributed by atoms with van der Waals surface area (Å²) in [7, 11) is 0. The number of rotatable bonds is 7. The summed E-state index contributed by atoms with van der Waals surface area (Å²) in [6, 6.07) is 16.1. The predicted octanol–water partition coefficient (Wildman–Crippen LogP) is 5.61. The van der Waals surface area contributed by atoms with Gasteiger partial charge in [-0.25, -0.2) is 0 Å². The number of anilines is 1. The lowest BCUT2D eigenvalue weighted by atomic mass is 10.1. The number of thiophene rings is 1. The van der Waals surface area contributed by atoms with Gasteiger partial charge in [-0.3, -0.25) is 4.79 Å². The van der Waals surface area contributed by atoms with Crippen LogP contribution in [0.4, 0.5) is 5.69 Å². The molecule has 0 unspecified atom stereocenters. The van der Waals surface area contributed by atoms with Crippen LogP contribution in [-0.2, 0) is 11.3 Å². The van der Waals surface area contributed by atoms with Crippen molar-refractivity contribution >= 4 is 44.8 Å². The number of carbonyl (C=O) groups excluding carboxylic acids is 1. The molecule has 0 aliphatic carbocycles. The minimum Gasteiger partial charge on any atom is -0.325 e. The first-order chi connectivity index (χ1) is 14.2. The molecule has 2 aromatic heterocycles. The zero-order valence-electron chi connectivity index (χ0n) is 16.4. The molecule has 148 valence electrons. The molecule has 0 bridgehead atoms. The highest BCUT2D eigenvalue weighted by Crippen LogP contribution is 2.34. The fourth-order valence-electron chi connectivity index (χ4n) is 3.20. The fraction of sp³-hybridized carbons (Fsp3) is 0.227. The van der Waals surface area contributed by atoms with Gasteiger partial charge in [-0.05, 0) is 31.0 Å². The molecule has 1 amide bonds. The lowest BCUT2D eigenvalue weighted by molar-refractivity contribution is -0.113. The van der Waals surface area contributed by atoms with Crippen molar-refractivity contribution in [2.45, 2.75) is 32.0 Å². The number of benzene rings is 2. The van der Waals surface area contributed by atoms with Crippen LogP contribution in [0.2, 0.25) is 0 Å². The molecule has 2 heterocycles. The number of amides is 1. The van der Waals surface area contributed by atoms with Crippen molar-refractivity contribution < 1.29 is 4.79 Å². The minimum atomic E-state index is -0.0436. The number of hydrogen-bond acceptors (Lipinski definition) is 5. The Morgan fingerprint density at radius 1 is 1.14 bits per heavy atom. The smallest absolute Gasteiger partial charge is 0.234 e. The largest absolute Gasteiger partial charge is 0.325 e. The lowest BCUT2D eigenvalue weighted by Gasteiger charge is -2.10. The maximum atomic E-state index is 12.4. The normalized spacial score (nSPS) is 11.1. The van der Waals surface area contributed by atoms with Crippen molar-refractivity contribution in [1.29, 1.82) is 0 Å². The molecule has 0 aliphatic rings. The van der Waals surface area contributed by atoms with E-state index < -0.39 is 0 Å². The van der Waals surface area contributed by atoms with Crippen LogP contribution in [0.1, 0.15) is 18.9 Å². The van der Waals surface area contributed by atoms with Crippen LogP contribution in [0.25, 0.3) is 21.5 Å². The van der Waals surface area contributed by atoms with Crippen molar-refractivity contribution in [3.8, 4) is 11.4 Å². The molecular weight excluding hydrogens is 400 g/mol. The van der Waals surface area contributed by atoms with E-state index in [4.69, 9.17) is 0 Å². The molecule has 0 fully saturated rings. The maximum absolute atomic E-state index is 12.4. The third kappa shape index (κ3) is 4.21. The number of hydrogen-bond donors (Lipinski definition) is 1. The summed E-state index contributed by atoms with van der Waals surface area (Å²) >= 11 is 3.14. The molecule has 0 saturated heterocycles. The summed E-state index contributed by atoms with van der Waals surface area (Å²) in [5, 5.41) is 15.9. The molecule has 5 nitrogen and oxygen atoms in total. The molecule has 0 atom stereocenters. The minimum absolute atomic E-state index is 0.0436. The number of carbonyl (C=O) groups is 1. The summed E-state index contributed by atoms with van der Waals surface area (Å²) in [6.07, 6.45) is 0.968. The number of aromatic nitrogens is 3. The molecule has 1 N–H and O–H groups in total. The van der Waals surface area contributed by atoms with Gasteiger partial charge >= 0.3 is 0 Å². The molecule has 4 rings (SSSR count). The second kappa shape index (κ2) is 8.80. The summed E-state index contributed by atoms with van der Waals surface area (Å²) in [5.41, 5.74) is 2.99. The van der Waals surface area contributed by atoms with E-state index in [0.717, 1.165) is 40.8 Å². The highest BCUT2D eigenvalue weighted by Gasteiger charge is 2.18. The molecule has 0 saturated carbocycles. The van der Waals surface area contributed by atoms with Crippen LogP contribution >= 0.6 is 23.1 Å². The first-order valence-corrected chi connectivity index (χ1v) is 11.4. The van der Waals surface area contributed by atoms with Gasteiger partial charge in [0, 0.05) is 33.3 Å². The molecule has 2 aromatic carbocycles. The van der Waals surface area contributed by atoms with Crippen molar-refractivity contribution in [2.75, 3.05) is 11.1 Å². The standard InChI is InChI=1S/C22H22N4OS2/c1-3-12-26-21(17-13-28-19-11-7-5-9-16(17)19)24-25-22(26)29-14-20(27)23-18-10-6-4-8-15(18)2/h4-11,13H,3,12,14H2,1-2H3,(H,23,27). The predicted molar refractivity (Wildman–Crippen MR) is 122 cm³/mol. The van der Waals surface area contributed by atoms with Gasteiger partial charge in [-0.1, -0.05) is 55.1 Å². The number of fused-ring (bicyclic) bond motifs is 1. The third-order valence-corrected chi connectivity index (χ3v) is 6.57. The Labute approximate surface area is 178 Å². The molecular formula is C22H22N4OS2. The van der Waals surface area contributed by atoms with E-state index in [9.17, 15) is 4.79 Å². The van der Waals surface area contributed by atoms with E-state index in [0.29, 0.717) is 5.75 Å². The third-order valence-electron chi connectivity index (χ3n) is 4.64. The van der Waals surface area contributed by atoms with Crippen molar-refractivity contribution in [3.63, 3.8) is 0 Å². The van der Waals surface area contributed by atoms with Crippen LogP contribution < -0.4 is 5.32 Å². The summed E-state index contributed by atoms with van der Waals surface area (Å²) in [4.78, 5) is 12.4. The molecule has 0 aliphatic heterocycles. The van der Waals surface area contributed by atoms with E-state index in [1.807, 2.05) is 43.3 Å². The number of para-hydroxylation sites is 1. The summed E-state index contributed by atoms with van der Waals surface area (Å²) in [6.45, 7) is 4.93. The molecule has 29 heavy (non-hydrogen) atoms. The zero-order chi connectivity index (χ0) is 20.2. The Balaban J connectivity index is 1.54. The van der Waals surface area contributed by atoms with Gasteiger partial charge in [-0.2, -0.15) is 0 Å². The van der Waals surface area contributed by atoms with Crippen LogP contribution in [-0.4, -0.2) is 26.4 Å². The molecule has 0 spiro atoms. The van der Waals surface area contributed by atoms with Crippen LogP contribution in [0.15, 0.2) is 59.1 Å². The van der Waals surface area contributed by atoms with E-state index in [1.54, 1.807) is 11.3 Å². The van der Waals surface area contributed by atoms with E-state index in [1.165, 1.54) is 21.8 Å². The number of nitrogens with one attached hydrogen (secondary N) is 1. The first kappa shape index (κ1) is 19.7. The van der Waals surface area contributed by atoms with Crippen LogP contribution in [0, 0.1) is 6.92 Å². The number of aryl methyl sites for hydroxylation is 1. The molecule has 4 aromatic rings. The van der Waals surface area contributed by atoms with E-state index in [2.05, 4.69) is 44.5 Å². The Hall–Kier alpha value is -2.64. The van der Waals surface area contributed by atoms with Gasteiger partial charge in [0.15, 0.2) is 11.0 Å². The van der Waals surface area contributed by atoms with Gasteiger partial charge in [0.25, 0.3) is 0 Å². The molecule has 7 heteroatoms. The summed E-state index contributed by atoms with van der Waals surface area (Å²) in [5.74, 6) is 1.12. The maximum Gasteiger partial charge on any atom is 0.234 e. The summed E-state index contributed by atoms with van der Waals surface area (Å²) < 4.78 is 3.36. The average molecular weight is 423 g/mol. The lowest BCUT2D eigenvalue weighted by Crippen LogP contribution is -2.15. The second-order valence-electron chi connectivity index (χ2n) is 6.76. The van der Waals surface area contributed by atoms with Gasteiger partial charge in [0.2, 0.25) is 5.91 Å². The van der Waals surface area contributed by atoms with Crippen molar-refractivity contribution in [3.05, 3.63) is 59.5 Å². The van der Waals surface area contributed by atoms with Gasteiger partial charge < -0.3 is 9.88 Å². The fourth-order valence-corrected chi connectivity index (χ4v) is 4.90. The highest BCUT2D eigenvalue weighted by atomic mass is 32.2. The monoisotopic (exact) mass is 422 g/mol. The Morgan fingerprint density at radius 2 is 1.93 bits per heavy atom. The van der Waals surface area contributed by atoms with Gasteiger partial charge in [-0.15, -0.1) is 21.5 Å². The van der Waals surface area contributed by atoms with Gasteiger partial charge in [0.05, 0.1) is 5.75 Å². The van der Waals surface area contributed by atoms with Crippen molar-refractivity contribution in [2.24, 2.45) is 0 Å². The quantitative estimate of drug-likeness (QED) is 0.393. The van der Waals surface area contributed by atoms with E-state index >= 15 is 0 Å². The highest BCUT2D eigenvalue weighted by molar-refractivity contribution is 7.99. The average Bonchev–Trinajstić information content (AvgIpc) is 3.32. The van der Waals surface area contributed by atoms with Gasteiger partial charge in [0.1, 0.15) is 0 Å². The second-order valence-corrected chi connectivity index (χ2v) is 8.61. The SMILES string of the molecule is CCCn1c(SCC(=O)Nc2ccccc2C)nnc1-c1csc2ccccc12. The number of nitrogens with zero attached hydrogens (tertiary/aromatic N) is 3. The Bertz CT molecular complexity index is 1150. The topological polar surface area (TPSA) is 59.8 Å². The Kier molecular flexibility index (Phi) is 5.97. The number of thioether (sulfide) groups is 1. The zero-order valence-corrected chi connectivity index (χ0v) is 18.0. The first-order valence-electron chi connectivity index (χ1n) is 9.55. The van der Waals surface area contributed by atoms with E-state index in [-0.39, 0.29) is 5.91 Å². The van der Waals surface area contributed by atoms with Crippen LogP contribution in [0.3, 0.4) is 0 Å². The Morgan fingerprint density at radius 3 is 2.76 bits per heavy atom. The molecule has 0 radical (unpaired) electrons. The van der Waals surface area contributed by atoms with Crippen molar-refractivity contribution in [1.82, 2.24) is 14.8 Å². The van der Waals surface area contributed by atoms with Crippen LogP contribution in [0.5, 0.6) is 0 Å².